The SMILES string of the molecule is COC(=O)c1ccc(OCCCN2CCC(O)CC2)cc1. The molecule has 5 heteroatoms. The number of benzene rings is 1. The minimum Gasteiger partial charge on any atom is -0.494 e. The Hall–Kier alpha value is -1.59. The predicted molar refractivity (Wildman–Crippen MR) is 79.6 cm³/mol. The Balaban J connectivity index is 1.65. The highest BCUT2D eigenvalue weighted by atomic mass is 16.5. The molecule has 1 aromatic carbocycles. The number of carbonyl (C=O) groups excluding carboxylic acids is 1. The lowest BCUT2D eigenvalue weighted by Crippen LogP contribution is -2.36. The maximum Gasteiger partial charge on any atom is 0.337 e. The van der Waals surface area contributed by atoms with Crippen LogP contribution in [-0.4, -0.2) is 55.4 Å². The average molecular weight is 293 g/mol. The summed E-state index contributed by atoms with van der Waals surface area (Å²) in [4.78, 5) is 13.7. The number of rotatable bonds is 6. The number of aliphatic hydroxyl groups is 1. The van der Waals surface area contributed by atoms with Crippen molar-refractivity contribution in [3.05, 3.63) is 29.8 Å². The molecule has 1 N–H and O–H groups in total. The lowest BCUT2D eigenvalue weighted by atomic mass is 10.1. The summed E-state index contributed by atoms with van der Waals surface area (Å²) in [6.45, 7) is 3.58. The van der Waals surface area contributed by atoms with Gasteiger partial charge in [0.05, 0.1) is 25.4 Å². The van der Waals surface area contributed by atoms with E-state index in [0.717, 1.165) is 44.6 Å². The van der Waals surface area contributed by atoms with Gasteiger partial charge in [-0.15, -0.1) is 0 Å². The van der Waals surface area contributed by atoms with Gasteiger partial charge < -0.3 is 19.5 Å². The van der Waals surface area contributed by atoms with E-state index < -0.39 is 0 Å². The van der Waals surface area contributed by atoms with Crippen LogP contribution in [0.15, 0.2) is 24.3 Å². The molecule has 0 unspecified atom stereocenters. The summed E-state index contributed by atoms with van der Waals surface area (Å²) in [5, 5.41) is 9.44. The fourth-order valence-electron chi connectivity index (χ4n) is 2.43. The van der Waals surface area contributed by atoms with Crippen LogP contribution in [0, 0.1) is 0 Å². The van der Waals surface area contributed by atoms with Crippen molar-refractivity contribution in [1.82, 2.24) is 4.90 Å². The molecule has 1 heterocycles. The number of esters is 1. The van der Waals surface area contributed by atoms with E-state index >= 15 is 0 Å². The van der Waals surface area contributed by atoms with Gasteiger partial charge in [0.25, 0.3) is 0 Å². The number of hydrogen-bond donors (Lipinski definition) is 1. The first-order valence-electron chi connectivity index (χ1n) is 7.40. The molecular formula is C16H23NO4. The smallest absolute Gasteiger partial charge is 0.337 e. The van der Waals surface area contributed by atoms with Crippen molar-refractivity contribution in [2.45, 2.75) is 25.4 Å². The van der Waals surface area contributed by atoms with Crippen molar-refractivity contribution in [2.75, 3.05) is 33.4 Å². The van der Waals surface area contributed by atoms with Gasteiger partial charge in [-0.3, -0.25) is 0 Å². The molecular weight excluding hydrogens is 270 g/mol. The Kier molecular flexibility index (Phi) is 6.02. The number of aliphatic hydroxyl groups excluding tert-OH is 1. The fourth-order valence-corrected chi connectivity index (χ4v) is 2.43. The number of methoxy groups -OCH3 is 1. The number of nitrogens with zero attached hydrogens (tertiary/aromatic N) is 1. The highest BCUT2D eigenvalue weighted by Gasteiger charge is 2.16. The molecule has 1 aromatic rings. The second-order valence-corrected chi connectivity index (χ2v) is 5.29. The van der Waals surface area contributed by atoms with E-state index in [-0.39, 0.29) is 12.1 Å². The Bertz CT molecular complexity index is 438. The minimum atomic E-state index is -0.339. The van der Waals surface area contributed by atoms with Gasteiger partial charge in [-0.1, -0.05) is 0 Å². The Labute approximate surface area is 125 Å². The van der Waals surface area contributed by atoms with Gasteiger partial charge in [-0.2, -0.15) is 0 Å². The van der Waals surface area contributed by atoms with Crippen LogP contribution in [0.1, 0.15) is 29.6 Å². The molecule has 5 nitrogen and oxygen atoms in total. The number of likely N-dealkylation sites (tertiary alicyclic amines) is 1. The molecule has 1 fully saturated rings. The third-order valence-corrected chi connectivity index (χ3v) is 3.72. The zero-order chi connectivity index (χ0) is 15.1. The van der Waals surface area contributed by atoms with Crippen LogP contribution in [0.4, 0.5) is 0 Å². The lowest BCUT2D eigenvalue weighted by Gasteiger charge is -2.29. The molecule has 1 aliphatic rings. The van der Waals surface area contributed by atoms with E-state index in [1.165, 1.54) is 7.11 Å². The second-order valence-electron chi connectivity index (χ2n) is 5.29. The largest absolute Gasteiger partial charge is 0.494 e. The van der Waals surface area contributed by atoms with E-state index in [2.05, 4.69) is 9.64 Å². The number of ether oxygens (including phenoxy) is 2. The summed E-state index contributed by atoms with van der Waals surface area (Å²) in [7, 11) is 1.37. The van der Waals surface area contributed by atoms with Gasteiger partial charge in [-0.25, -0.2) is 4.79 Å². The van der Waals surface area contributed by atoms with Gasteiger partial charge in [-0.05, 0) is 43.5 Å². The van der Waals surface area contributed by atoms with Crippen molar-refractivity contribution in [3.63, 3.8) is 0 Å². The Morgan fingerprint density at radius 2 is 1.95 bits per heavy atom. The molecule has 0 bridgehead atoms. The van der Waals surface area contributed by atoms with E-state index in [9.17, 15) is 9.90 Å². The molecule has 0 saturated carbocycles. The van der Waals surface area contributed by atoms with Gasteiger partial charge >= 0.3 is 5.97 Å². The fraction of sp³-hybridized carbons (Fsp3) is 0.562. The molecule has 0 aliphatic carbocycles. The van der Waals surface area contributed by atoms with Crippen LogP contribution in [0.2, 0.25) is 0 Å². The Morgan fingerprint density at radius 3 is 2.57 bits per heavy atom. The van der Waals surface area contributed by atoms with Crippen molar-refractivity contribution in [1.29, 1.82) is 0 Å². The van der Waals surface area contributed by atoms with Gasteiger partial charge in [0.15, 0.2) is 0 Å². The van der Waals surface area contributed by atoms with Crippen LogP contribution >= 0.6 is 0 Å². The average Bonchev–Trinajstić information content (AvgIpc) is 2.53. The maximum absolute atomic E-state index is 11.3. The maximum atomic E-state index is 11.3. The topological polar surface area (TPSA) is 59.0 Å². The summed E-state index contributed by atoms with van der Waals surface area (Å²) >= 11 is 0. The highest BCUT2D eigenvalue weighted by molar-refractivity contribution is 5.89. The third kappa shape index (κ3) is 5.02. The first kappa shape index (κ1) is 15.8. The second kappa shape index (κ2) is 8.00. The molecule has 2 rings (SSSR count). The molecule has 0 atom stereocenters. The van der Waals surface area contributed by atoms with Crippen LogP contribution in [0.25, 0.3) is 0 Å². The van der Waals surface area contributed by atoms with Crippen LogP contribution in [0.5, 0.6) is 5.75 Å². The molecule has 116 valence electrons. The van der Waals surface area contributed by atoms with Gasteiger partial charge in [0, 0.05) is 19.6 Å². The summed E-state index contributed by atoms with van der Waals surface area (Å²) < 4.78 is 10.3. The number of carbonyl (C=O) groups is 1. The molecule has 1 aliphatic heterocycles. The van der Waals surface area contributed by atoms with E-state index in [1.807, 2.05) is 0 Å². The van der Waals surface area contributed by atoms with Gasteiger partial charge in [0.1, 0.15) is 5.75 Å². The lowest BCUT2D eigenvalue weighted by molar-refractivity contribution is 0.0600. The molecule has 0 aromatic heterocycles. The summed E-state index contributed by atoms with van der Waals surface area (Å²) in [6.07, 6.45) is 2.58. The number of piperidine rings is 1. The molecule has 0 spiro atoms. The zero-order valence-corrected chi connectivity index (χ0v) is 12.5. The predicted octanol–water partition coefficient (Wildman–Crippen LogP) is 1.70. The third-order valence-electron chi connectivity index (χ3n) is 3.72. The minimum absolute atomic E-state index is 0.120. The number of hydrogen-bond acceptors (Lipinski definition) is 5. The first-order chi connectivity index (χ1) is 10.2. The summed E-state index contributed by atoms with van der Waals surface area (Å²) in [5.74, 6) is 0.422. The first-order valence-corrected chi connectivity index (χ1v) is 7.40. The van der Waals surface area contributed by atoms with Crippen LogP contribution < -0.4 is 4.74 Å². The quantitative estimate of drug-likeness (QED) is 0.639. The summed E-state index contributed by atoms with van der Waals surface area (Å²) in [5.41, 5.74) is 0.525. The molecule has 0 amide bonds. The van der Waals surface area contributed by atoms with Crippen LogP contribution in [-0.2, 0) is 4.74 Å². The van der Waals surface area contributed by atoms with E-state index in [0.29, 0.717) is 12.2 Å². The zero-order valence-electron chi connectivity index (χ0n) is 12.5. The Morgan fingerprint density at radius 1 is 1.29 bits per heavy atom. The van der Waals surface area contributed by atoms with Crippen LogP contribution in [0.3, 0.4) is 0 Å². The monoisotopic (exact) mass is 293 g/mol. The standard InChI is InChI=1S/C16H23NO4/c1-20-16(19)13-3-5-15(6-4-13)21-12-2-9-17-10-7-14(18)8-11-17/h3-6,14,18H,2,7-12H2,1H3. The van der Waals surface area contributed by atoms with Crippen molar-refractivity contribution in [3.8, 4) is 5.75 Å². The normalized spacial score (nSPS) is 16.7. The van der Waals surface area contributed by atoms with Crippen molar-refractivity contribution in [2.24, 2.45) is 0 Å². The molecule has 0 radical (unpaired) electrons. The highest BCUT2D eigenvalue weighted by Crippen LogP contribution is 2.14. The van der Waals surface area contributed by atoms with E-state index in [4.69, 9.17) is 4.74 Å². The van der Waals surface area contributed by atoms with Crippen molar-refractivity contribution >= 4 is 5.97 Å². The van der Waals surface area contributed by atoms with Crippen molar-refractivity contribution < 1.29 is 19.4 Å². The molecule has 1 saturated heterocycles. The summed E-state index contributed by atoms with van der Waals surface area (Å²) in [6, 6.07) is 6.97. The van der Waals surface area contributed by atoms with Gasteiger partial charge in [0.2, 0.25) is 0 Å². The van der Waals surface area contributed by atoms with E-state index in [1.54, 1.807) is 24.3 Å². The molecule has 21 heavy (non-hydrogen) atoms.